The summed E-state index contributed by atoms with van der Waals surface area (Å²) in [7, 11) is -2.38. The van der Waals surface area contributed by atoms with E-state index in [0.29, 0.717) is 24.3 Å². The van der Waals surface area contributed by atoms with E-state index in [4.69, 9.17) is 18.3 Å². The molecule has 0 fully saturated rings. The van der Waals surface area contributed by atoms with Gasteiger partial charge in [0.25, 0.3) is 0 Å². The van der Waals surface area contributed by atoms with Crippen molar-refractivity contribution >= 4 is 18.7 Å². The third-order valence-corrected chi connectivity index (χ3v) is 6.71. The van der Waals surface area contributed by atoms with Crippen molar-refractivity contribution in [3.63, 3.8) is 0 Å². The average Bonchev–Trinajstić information content (AvgIpc) is 3.15. The topological polar surface area (TPSA) is 93.8 Å². The van der Waals surface area contributed by atoms with Crippen LogP contribution in [-0.2, 0) is 31.9 Å². The predicted octanol–water partition coefficient (Wildman–Crippen LogP) is 6.04. The van der Waals surface area contributed by atoms with Crippen molar-refractivity contribution in [1.82, 2.24) is 14.3 Å². The third kappa shape index (κ3) is 6.82. The summed E-state index contributed by atoms with van der Waals surface area (Å²) in [6, 6.07) is 2.66. The van der Waals surface area contributed by atoms with Crippen LogP contribution in [0.25, 0.3) is 22.0 Å². The molecule has 0 aliphatic rings. The fraction of sp³-hybridized carbons (Fsp3) is 0.520. The molecule has 0 aliphatic heterocycles. The van der Waals surface area contributed by atoms with Crippen molar-refractivity contribution in [2.45, 2.75) is 72.8 Å². The van der Waals surface area contributed by atoms with E-state index >= 15 is 4.39 Å². The molecule has 2 aromatic heterocycles. The molecule has 0 N–H and O–H groups in total. The van der Waals surface area contributed by atoms with Gasteiger partial charge in [0, 0.05) is 30.6 Å². The van der Waals surface area contributed by atoms with E-state index in [9.17, 15) is 9.36 Å². The normalized spacial score (nSPS) is 12.9. The van der Waals surface area contributed by atoms with Crippen LogP contribution in [0.3, 0.4) is 0 Å². The highest BCUT2D eigenvalue weighted by Crippen LogP contribution is 2.55. The number of ether oxygens (including phenoxy) is 1. The molecule has 0 unspecified atom stereocenters. The number of phosphoric acid groups is 1. The molecule has 198 valence electrons. The first-order valence-electron chi connectivity index (χ1n) is 11.8. The minimum atomic E-state index is -4.10. The second kappa shape index (κ2) is 10.5. The Bertz CT molecular complexity index is 1320. The number of hydrogen-bond acceptors (Lipinski definition) is 7. The van der Waals surface area contributed by atoms with E-state index in [2.05, 4.69) is 5.10 Å². The Hall–Kier alpha value is -2.52. The first kappa shape index (κ1) is 28.1. The van der Waals surface area contributed by atoms with Gasteiger partial charge in [-0.05, 0) is 60.1 Å². The van der Waals surface area contributed by atoms with Crippen molar-refractivity contribution in [3.05, 3.63) is 46.8 Å². The Labute approximate surface area is 210 Å². The van der Waals surface area contributed by atoms with Gasteiger partial charge in [0.05, 0.1) is 34.9 Å². The van der Waals surface area contributed by atoms with Crippen LogP contribution in [0.2, 0.25) is 0 Å². The zero-order chi connectivity index (χ0) is 26.9. The molecule has 0 amide bonds. The van der Waals surface area contributed by atoms with Gasteiger partial charge in [0.15, 0.2) is 5.43 Å². The molecule has 36 heavy (non-hydrogen) atoms. The monoisotopic (exact) mass is 523 g/mol. The number of hydrogen-bond donors (Lipinski definition) is 0. The lowest BCUT2D eigenvalue weighted by Gasteiger charge is -2.31. The minimum Gasteiger partial charge on any atom is -0.491 e. The van der Waals surface area contributed by atoms with Gasteiger partial charge < -0.3 is 9.30 Å². The van der Waals surface area contributed by atoms with Gasteiger partial charge in [-0.2, -0.15) is 5.10 Å². The summed E-state index contributed by atoms with van der Waals surface area (Å²) in [5.41, 5.74) is -1.32. The number of halogens is 1. The SMILES string of the molecule is CCCOc1ccc(F)c2c(=O)c(-c3cnn(C)c3)cn(COP(=O)(OC(C)(C)C)OC(C)(C)C)c12. The van der Waals surface area contributed by atoms with Crippen molar-refractivity contribution in [2.24, 2.45) is 7.05 Å². The maximum Gasteiger partial charge on any atom is 0.477 e. The zero-order valence-corrected chi connectivity index (χ0v) is 23.0. The molecule has 0 saturated carbocycles. The summed E-state index contributed by atoms with van der Waals surface area (Å²) in [5, 5.41) is 3.95. The highest BCUT2D eigenvalue weighted by Gasteiger charge is 2.37. The third-order valence-electron chi connectivity index (χ3n) is 4.74. The molecule has 0 spiro atoms. The first-order chi connectivity index (χ1) is 16.6. The van der Waals surface area contributed by atoms with E-state index in [-0.39, 0.29) is 23.2 Å². The van der Waals surface area contributed by atoms with Gasteiger partial charge in [-0.1, -0.05) is 6.92 Å². The van der Waals surface area contributed by atoms with Crippen LogP contribution in [0.4, 0.5) is 4.39 Å². The van der Waals surface area contributed by atoms with Crippen LogP contribution < -0.4 is 10.2 Å². The van der Waals surface area contributed by atoms with Crippen molar-refractivity contribution in [1.29, 1.82) is 0 Å². The average molecular weight is 524 g/mol. The summed E-state index contributed by atoms with van der Waals surface area (Å²) in [4.78, 5) is 13.4. The van der Waals surface area contributed by atoms with Crippen LogP contribution in [0.15, 0.2) is 35.5 Å². The molecule has 0 atom stereocenters. The minimum absolute atomic E-state index is 0.170. The largest absolute Gasteiger partial charge is 0.491 e. The standard InChI is InChI=1S/C25H35FN3O6P/c1-9-12-32-20-11-10-19(26)21-22(20)29(15-18(23(21)30)17-13-27-28(8)14-17)16-33-36(31,34-24(2,3)4)35-25(5,6)7/h10-11,13-15H,9,12,16H2,1-8H3. The number of benzene rings is 1. The summed E-state index contributed by atoms with van der Waals surface area (Å²) in [6.07, 6.45) is 5.39. The molecule has 2 heterocycles. The van der Waals surface area contributed by atoms with Crippen molar-refractivity contribution in [2.75, 3.05) is 6.61 Å². The lowest BCUT2D eigenvalue weighted by molar-refractivity contribution is -0.00573. The second-order valence-corrected chi connectivity index (χ2v) is 12.0. The highest BCUT2D eigenvalue weighted by atomic mass is 31.2. The fourth-order valence-electron chi connectivity index (χ4n) is 3.53. The first-order valence-corrected chi connectivity index (χ1v) is 13.2. The van der Waals surface area contributed by atoms with Gasteiger partial charge >= 0.3 is 7.82 Å². The maximum absolute atomic E-state index is 15.1. The number of aromatic nitrogens is 3. The Balaban J connectivity index is 2.20. The van der Waals surface area contributed by atoms with E-state index < -0.39 is 30.3 Å². The van der Waals surface area contributed by atoms with E-state index in [1.165, 1.54) is 29.1 Å². The van der Waals surface area contributed by atoms with Crippen LogP contribution in [0, 0.1) is 5.82 Å². The zero-order valence-electron chi connectivity index (χ0n) is 22.1. The fourth-order valence-corrected chi connectivity index (χ4v) is 5.28. The lowest BCUT2D eigenvalue weighted by Crippen LogP contribution is -2.25. The summed E-state index contributed by atoms with van der Waals surface area (Å²) in [6.45, 7) is 12.3. The molecule has 1 aromatic carbocycles. The van der Waals surface area contributed by atoms with Gasteiger partial charge in [-0.3, -0.25) is 23.0 Å². The molecule has 9 nitrogen and oxygen atoms in total. The van der Waals surface area contributed by atoms with Crippen LogP contribution in [0.5, 0.6) is 5.75 Å². The molecule has 3 aromatic rings. The summed E-state index contributed by atoms with van der Waals surface area (Å²) in [5.74, 6) is -0.409. The number of pyridine rings is 1. The molecule has 0 saturated heterocycles. The quantitative estimate of drug-likeness (QED) is 0.316. The number of rotatable bonds is 9. The van der Waals surface area contributed by atoms with Crippen LogP contribution in [0.1, 0.15) is 54.9 Å². The van der Waals surface area contributed by atoms with E-state index in [1.54, 1.807) is 59.5 Å². The molecular formula is C25H35FN3O6P. The van der Waals surface area contributed by atoms with Crippen LogP contribution in [-0.4, -0.2) is 32.2 Å². The second-order valence-electron chi connectivity index (χ2n) is 10.5. The molecule has 3 rings (SSSR count). The Kier molecular flexibility index (Phi) is 8.15. The maximum atomic E-state index is 15.1. The number of aryl methyl sites for hydroxylation is 1. The Morgan fingerprint density at radius 1 is 1.06 bits per heavy atom. The van der Waals surface area contributed by atoms with Gasteiger partial charge in [0.2, 0.25) is 0 Å². The smallest absolute Gasteiger partial charge is 0.477 e. The Morgan fingerprint density at radius 3 is 2.22 bits per heavy atom. The lowest BCUT2D eigenvalue weighted by atomic mass is 10.1. The number of nitrogens with zero attached hydrogens (tertiary/aromatic N) is 3. The molecule has 0 aliphatic carbocycles. The molecular weight excluding hydrogens is 488 g/mol. The molecule has 11 heteroatoms. The number of phosphoric ester groups is 1. The van der Waals surface area contributed by atoms with Gasteiger partial charge in [-0.15, -0.1) is 0 Å². The Morgan fingerprint density at radius 2 is 1.69 bits per heavy atom. The van der Waals surface area contributed by atoms with Crippen LogP contribution >= 0.6 is 7.82 Å². The summed E-state index contributed by atoms with van der Waals surface area (Å²) < 4.78 is 54.8. The van der Waals surface area contributed by atoms with E-state index in [0.717, 1.165) is 0 Å². The van der Waals surface area contributed by atoms with Gasteiger partial charge in [-0.25, -0.2) is 8.96 Å². The molecule has 0 bridgehead atoms. The van der Waals surface area contributed by atoms with Gasteiger partial charge in [0.1, 0.15) is 18.3 Å². The van der Waals surface area contributed by atoms with E-state index in [1.807, 2.05) is 6.92 Å². The number of fused-ring (bicyclic) bond motifs is 1. The summed E-state index contributed by atoms with van der Waals surface area (Å²) >= 11 is 0. The van der Waals surface area contributed by atoms with Crippen molar-refractivity contribution in [3.8, 4) is 16.9 Å². The highest BCUT2D eigenvalue weighted by molar-refractivity contribution is 7.48. The predicted molar refractivity (Wildman–Crippen MR) is 137 cm³/mol. The van der Waals surface area contributed by atoms with Crippen molar-refractivity contribution < 1.29 is 27.3 Å². The molecule has 0 radical (unpaired) electrons.